The molecule has 0 aliphatic heterocycles. The highest BCUT2D eigenvalue weighted by Gasteiger charge is 2.39. The lowest BCUT2D eigenvalue weighted by Crippen LogP contribution is -2.18. The molecule has 12 nitrogen and oxygen atoms in total. The number of aromatic amines is 2. The van der Waals surface area contributed by atoms with Crippen molar-refractivity contribution >= 4 is 45.6 Å². The predicted molar refractivity (Wildman–Crippen MR) is 196 cm³/mol. The van der Waals surface area contributed by atoms with E-state index in [-0.39, 0.29) is 27.8 Å². The van der Waals surface area contributed by atoms with E-state index in [2.05, 4.69) is 54.4 Å². The molecule has 268 valence electrons. The fourth-order valence-electron chi connectivity index (χ4n) is 6.18. The van der Waals surface area contributed by atoms with E-state index in [9.17, 15) is 23.5 Å². The number of primary amides is 1. The quantitative estimate of drug-likeness (QED) is 0.0932. The first kappa shape index (κ1) is 34.5. The lowest BCUT2D eigenvalue weighted by Gasteiger charge is -2.15. The van der Waals surface area contributed by atoms with Crippen LogP contribution in [0.1, 0.15) is 83.0 Å². The Morgan fingerprint density at radius 1 is 0.712 bits per heavy atom. The van der Waals surface area contributed by atoms with Gasteiger partial charge in [-0.25, -0.2) is 33.5 Å². The molecule has 1 amide bonds. The minimum Gasteiger partial charge on any atom is -0.478 e. The zero-order chi connectivity index (χ0) is 37.3. The number of rotatable bonds is 8. The van der Waals surface area contributed by atoms with Crippen LogP contribution in [0.25, 0.3) is 44.6 Å². The number of nitrogens with two attached hydrogens (primary N) is 1. The number of fused-ring (bicyclic) bond motifs is 2. The molecule has 6 aromatic rings. The van der Waals surface area contributed by atoms with Gasteiger partial charge in [-0.3, -0.25) is 4.79 Å². The SMILES string of the molecule is Cc1nc2ccc(F)c(-c3cc(C(=O)O)c(C)[nH]3)c2nc1NC1(C)CC1.Cc1nc2ccc(F)c(-c3cc(C(N)=O)c(C)[nH]3)c2nc1NC1(C)CC1. The molecule has 0 radical (unpaired) electrons. The Bertz CT molecular complexity index is 2270. The first-order valence-corrected chi connectivity index (χ1v) is 17.0. The van der Waals surface area contributed by atoms with Crippen molar-refractivity contribution < 1.29 is 23.5 Å². The molecule has 8 rings (SSSR count). The Kier molecular flexibility index (Phi) is 8.23. The van der Waals surface area contributed by atoms with Crippen LogP contribution in [-0.2, 0) is 0 Å². The number of carboxylic acid groups (broad SMARTS) is 1. The standard InChI is InChI=1S/C19H20FN5O.C19H19FN4O2/c1-9-11(17(21)26)8-14(22-9)15-12(20)4-5-13-16(15)24-18(10(2)23-13)25-19(3)6-7-19;1-9-11(18(25)26)8-14(21-9)15-12(20)4-5-13-16(15)23-17(10(2)22-13)24-19(3)6-7-19/h4-5,8,22H,6-7H2,1-3H3,(H2,21,26)(H,24,25);4-5,8,21H,6-7H2,1-3H3,(H,23,24)(H,25,26). The maximum Gasteiger partial charge on any atom is 0.337 e. The van der Waals surface area contributed by atoms with E-state index in [1.165, 1.54) is 18.2 Å². The normalized spacial score (nSPS) is 15.2. The summed E-state index contributed by atoms with van der Waals surface area (Å²) in [4.78, 5) is 47.3. The average molecular weight is 708 g/mol. The molecule has 0 atom stereocenters. The number of aryl methyl sites for hydroxylation is 4. The summed E-state index contributed by atoms with van der Waals surface area (Å²) in [7, 11) is 0. The highest BCUT2D eigenvalue weighted by Crippen LogP contribution is 2.40. The summed E-state index contributed by atoms with van der Waals surface area (Å²) in [6, 6.07) is 8.89. The molecule has 52 heavy (non-hydrogen) atoms. The molecule has 0 bridgehead atoms. The molecule has 0 unspecified atom stereocenters. The van der Waals surface area contributed by atoms with Gasteiger partial charge in [0.2, 0.25) is 0 Å². The topological polar surface area (TPSA) is 188 Å². The molecular formula is C38H39F2N9O3. The average Bonchev–Trinajstić information content (AvgIpc) is 3.90. The third-order valence-electron chi connectivity index (χ3n) is 9.83. The van der Waals surface area contributed by atoms with Crippen LogP contribution in [0.15, 0.2) is 36.4 Å². The van der Waals surface area contributed by atoms with E-state index in [4.69, 9.17) is 5.73 Å². The number of hydrogen-bond acceptors (Lipinski definition) is 8. The summed E-state index contributed by atoms with van der Waals surface area (Å²) in [6.45, 7) is 11.4. The zero-order valence-corrected chi connectivity index (χ0v) is 29.7. The van der Waals surface area contributed by atoms with Crippen LogP contribution in [0.3, 0.4) is 0 Å². The van der Waals surface area contributed by atoms with Crippen LogP contribution in [0.5, 0.6) is 0 Å². The summed E-state index contributed by atoms with van der Waals surface area (Å²) in [5.74, 6) is -1.24. The van der Waals surface area contributed by atoms with Gasteiger partial charge in [-0.15, -0.1) is 0 Å². The Labute approximate surface area is 297 Å². The molecular weight excluding hydrogens is 668 g/mol. The number of aromatic carboxylic acids is 1. The second-order valence-electron chi connectivity index (χ2n) is 14.4. The van der Waals surface area contributed by atoms with E-state index >= 15 is 0 Å². The fourth-order valence-corrected chi connectivity index (χ4v) is 6.18. The fraction of sp³-hybridized carbons (Fsp3) is 0.316. The molecule has 0 spiro atoms. The summed E-state index contributed by atoms with van der Waals surface area (Å²) in [6.07, 6.45) is 4.25. The molecule has 4 aromatic heterocycles. The molecule has 0 saturated heterocycles. The number of nitrogens with one attached hydrogen (secondary N) is 4. The van der Waals surface area contributed by atoms with Gasteiger partial charge >= 0.3 is 5.97 Å². The van der Waals surface area contributed by atoms with E-state index in [1.807, 2.05) is 13.8 Å². The highest BCUT2D eigenvalue weighted by atomic mass is 19.1. The largest absolute Gasteiger partial charge is 0.478 e. The number of carbonyl (C=O) groups is 2. The van der Waals surface area contributed by atoms with Crippen molar-refractivity contribution in [2.24, 2.45) is 5.73 Å². The second kappa shape index (κ2) is 12.4. The number of benzene rings is 2. The lowest BCUT2D eigenvalue weighted by molar-refractivity contribution is 0.0696. The van der Waals surface area contributed by atoms with Crippen LogP contribution in [0.2, 0.25) is 0 Å². The molecule has 2 fully saturated rings. The van der Waals surface area contributed by atoms with Gasteiger partial charge in [-0.1, -0.05) is 0 Å². The van der Waals surface area contributed by atoms with Crippen LogP contribution in [0, 0.1) is 39.3 Å². The van der Waals surface area contributed by atoms with Crippen LogP contribution >= 0.6 is 0 Å². The second-order valence-corrected chi connectivity index (χ2v) is 14.4. The molecule has 2 aliphatic carbocycles. The van der Waals surface area contributed by atoms with Gasteiger partial charge in [-0.05, 0) is 104 Å². The summed E-state index contributed by atoms with van der Waals surface area (Å²) >= 11 is 0. The maximum atomic E-state index is 14.7. The molecule has 2 aromatic carbocycles. The number of nitrogens with zero attached hydrogens (tertiary/aromatic N) is 4. The summed E-state index contributed by atoms with van der Waals surface area (Å²) in [5.41, 5.74) is 11.8. The smallest absolute Gasteiger partial charge is 0.337 e. The van der Waals surface area contributed by atoms with E-state index in [0.717, 1.165) is 37.1 Å². The van der Waals surface area contributed by atoms with Gasteiger partial charge in [-0.2, -0.15) is 0 Å². The van der Waals surface area contributed by atoms with Crippen LogP contribution in [0.4, 0.5) is 20.4 Å². The third kappa shape index (κ3) is 6.51. The monoisotopic (exact) mass is 707 g/mol. The Balaban J connectivity index is 0.000000162. The number of amides is 1. The molecule has 14 heteroatoms. The molecule has 2 saturated carbocycles. The van der Waals surface area contributed by atoms with Crippen LogP contribution in [-0.4, -0.2) is 58.0 Å². The minimum atomic E-state index is -1.06. The molecule has 2 aliphatic rings. The lowest BCUT2D eigenvalue weighted by atomic mass is 10.1. The maximum absolute atomic E-state index is 14.7. The number of carboxylic acids is 1. The van der Waals surface area contributed by atoms with Crippen molar-refractivity contribution in [2.75, 3.05) is 10.6 Å². The first-order valence-electron chi connectivity index (χ1n) is 17.0. The van der Waals surface area contributed by atoms with Crippen LogP contribution < -0.4 is 16.4 Å². The third-order valence-corrected chi connectivity index (χ3v) is 9.83. The number of hydrogen-bond donors (Lipinski definition) is 6. The Hall–Kier alpha value is -5.92. The Morgan fingerprint density at radius 2 is 1.12 bits per heavy atom. The van der Waals surface area contributed by atoms with Gasteiger partial charge in [0.25, 0.3) is 5.91 Å². The van der Waals surface area contributed by atoms with Crippen molar-refractivity contribution in [3.63, 3.8) is 0 Å². The molecule has 4 heterocycles. The van der Waals surface area contributed by atoms with E-state index < -0.39 is 23.5 Å². The van der Waals surface area contributed by atoms with Gasteiger partial charge in [0.1, 0.15) is 34.3 Å². The van der Waals surface area contributed by atoms with Gasteiger partial charge in [0.05, 0.1) is 56.1 Å². The van der Waals surface area contributed by atoms with Gasteiger partial charge < -0.3 is 31.4 Å². The highest BCUT2D eigenvalue weighted by molar-refractivity contribution is 5.98. The number of aromatic nitrogens is 6. The number of anilines is 2. The van der Waals surface area contributed by atoms with E-state index in [0.29, 0.717) is 62.0 Å². The number of H-pyrrole nitrogens is 2. The zero-order valence-electron chi connectivity index (χ0n) is 29.7. The summed E-state index contributed by atoms with van der Waals surface area (Å²) < 4.78 is 29.4. The van der Waals surface area contributed by atoms with Gasteiger partial charge in [0, 0.05) is 22.5 Å². The van der Waals surface area contributed by atoms with Crippen molar-refractivity contribution in [2.45, 2.75) is 78.3 Å². The van der Waals surface area contributed by atoms with E-state index in [1.54, 1.807) is 32.0 Å². The number of carbonyl (C=O) groups excluding carboxylic acids is 1. The Morgan fingerprint density at radius 3 is 1.46 bits per heavy atom. The minimum absolute atomic E-state index is 0.0140. The van der Waals surface area contributed by atoms with Crippen molar-refractivity contribution in [3.8, 4) is 22.5 Å². The number of halogens is 2. The first-order chi connectivity index (χ1) is 24.5. The predicted octanol–water partition coefficient (Wildman–Crippen LogP) is 7.49. The van der Waals surface area contributed by atoms with Crippen molar-refractivity contribution in [3.05, 3.63) is 81.9 Å². The summed E-state index contributed by atoms with van der Waals surface area (Å²) in [5, 5.41) is 16.1. The van der Waals surface area contributed by atoms with Gasteiger partial charge in [0.15, 0.2) is 0 Å². The molecule has 7 N–H and O–H groups in total. The van der Waals surface area contributed by atoms with Crippen molar-refractivity contribution in [1.82, 2.24) is 29.9 Å². The van der Waals surface area contributed by atoms with Crippen molar-refractivity contribution in [1.29, 1.82) is 0 Å².